The minimum Gasteiger partial charge on any atom is -0.393 e. The number of carbonyl (C=O) groups is 2. The molecule has 1 aromatic rings. The maximum atomic E-state index is 11.2. The van der Waals surface area contributed by atoms with Crippen molar-refractivity contribution in [3.63, 3.8) is 0 Å². The van der Waals surface area contributed by atoms with E-state index >= 15 is 0 Å². The number of aryl methyl sites for hydroxylation is 1. The Morgan fingerprint density at radius 1 is 1.25 bits per heavy atom. The predicted molar refractivity (Wildman–Crippen MR) is 61.7 cm³/mol. The van der Waals surface area contributed by atoms with Crippen molar-refractivity contribution in [1.82, 2.24) is 0 Å². The van der Waals surface area contributed by atoms with Crippen LogP contribution in [0.5, 0.6) is 0 Å². The number of esters is 2. The molecule has 1 heterocycles. The molecule has 1 saturated heterocycles. The summed E-state index contributed by atoms with van der Waals surface area (Å²) in [5.74, 6) is -1.02. The smallest absolute Gasteiger partial charge is 0.317 e. The van der Waals surface area contributed by atoms with E-state index in [2.05, 4.69) is 20.7 Å². The first kappa shape index (κ1) is 11.3. The lowest BCUT2D eigenvalue weighted by molar-refractivity contribution is -0.153. The van der Waals surface area contributed by atoms with Gasteiger partial charge in [-0.15, -0.1) is 0 Å². The summed E-state index contributed by atoms with van der Waals surface area (Å²) < 4.78 is 5.53. The van der Waals surface area contributed by atoms with Crippen molar-refractivity contribution >= 4 is 27.9 Å². The van der Waals surface area contributed by atoms with Gasteiger partial charge in [0, 0.05) is 4.47 Å². The van der Waals surface area contributed by atoms with Crippen molar-refractivity contribution in [2.45, 2.75) is 19.3 Å². The molecule has 0 N–H and O–H groups in total. The maximum Gasteiger partial charge on any atom is 0.317 e. The van der Waals surface area contributed by atoms with Gasteiger partial charge in [0.05, 0.1) is 12.3 Å². The normalized spacial score (nSPS) is 19.9. The Morgan fingerprint density at radius 2 is 1.94 bits per heavy atom. The molecule has 0 amide bonds. The minimum absolute atomic E-state index is 0.232. The lowest BCUT2D eigenvalue weighted by Crippen LogP contribution is -2.08. The van der Waals surface area contributed by atoms with Crippen molar-refractivity contribution in [3.05, 3.63) is 34.3 Å². The van der Waals surface area contributed by atoms with E-state index in [-0.39, 0.29) is 18.3 Å². The summed E-state index contributed by atoms with van der Waals surface area (Å²) in [6, 6.07) is 7.94. The first-order valence-corrected chi connectivity index (χ1v) is 5.93. The van der Waals surface area contributed by atoms with Crippen molar-refractivity contribution in [2.24, 2.45) is 5.92 Å². The summed E-state index contributed by atoms with van der Waals surface area (Å²) in [6.45, 7) is 0. The van der Waals surface area contributed by atoms with E-state index < -0.39 is 5.97 Å². The Labute approximate surface area is 102 Å². The van der Waals surface area contributed by atoms with Gasteiger partial charge in [0.25, 0.3) is 0 Å². The molecule has 1 fully saturated rings. The third-order valence-electron chi connectivity index (χ3n) is 2.66. The van der Waals surface area contributed by atoms with Gasteiger partial charge >= 0.3 is 11.9 Å². The van der Waals surface area contributed by atoms with Crippen molar-refractivity contribution in [3.8, 4) is 0 Å². The van der Waals surface area contributed by atoms with Crippen molar-refractivity contribution in [2.75, 3.05) is 0 Å². The molecule has 1 aliphatic rings. The quantitative estimate of drug-likeness (QED) is 0.632. The number of halogens is 1. The summed E-state index contributed by atoms with van der Waals surface area (Å²) in [4.78, 5) is 22.1. The van der Waals surface area contributed by atoms with Gasteiger partial charge in [-0.3, -0.25) is 9.59 Å². The van der Waals surface area contributed by atoms with Crippen LogP contribution in [-0.4, -0.2) is 11.9 Å². The average Bonchev–Trinajstić information content (AvgIpc) is 2.57. The van der Waals surface area contributed by atoms with Gasteiger partial charge in [0.15, 0.2) is 0 Å². The van der Waals surface area contributed by atoms with Gasteiger partial charge < -0.3 is 4.74 Å². The Balaban J connectivity index is 1.90. The van der Waals surface area contributed by atoms with E-state index in [1.165, 1.54) is 0 Å². The minimum atomic E-state index is -0.397. The average molecular weight is 283 g/mol. The molecule has 3 nitrogen and oxygen atoms in total. The fourth-order valence-corrected chi connectivity index (χ4v) is 2.00. The van der Waals surface area contributed by atoms with Crippen LogP contribution >= 0.6 is 15.9 Å². The molecule has 1 aliphatic heterocycles. The van der Waals surface area contributed by atoms with Gasteiger partial charge in [-0.05, 0) is 30.5 Å². The Kier molecular flexibility index (Phi) is 3.39. The van der Waals surface area contributed by atoms with Crippen LogP contribution < -0.4 is 0 Å². The monoisotopic (exact) mass is 282 g/mol. The summed E-state index contributed by atoms with van der Waals surface area (Å²) in [6.07, 6.45) is 1.70. The molecule has 0 aromatic heterocycles. The highest BCUT2D eigenvalue weighted by atomic mass is 79.9. The number of cyclic esters (lactones) is 2. The standard InChI is InChI=1S/C12H11BrO3/c13-10-5-2-8(3-6-10)1-4-9-7-11(14)16-12(9)15/h2-3,5-6,9H,1,4,7H2. The van der Waals surface area contributed by atoms with Crippen molar-refractivity contribution in [1.29, 1.82) is 0 Å². The van der Waals surface area contributed by atoms with Crippen molar-refractivity contribution < 1.29 is 14.3 Å². The Hall–Kier alpha value is -1.16. The molecule has 1 aromatic carbocycles. The second-order valence-electron chi connectivity index (χ2n) is 3.86. The zero-order valence-electron chi connectivity index (χ0n) is 8.61. The third-order valence-corrected chi connectivity index (χ3v) is 3.18. The molecule has 0 radical (unpaired) electrons. The highest BCUT2D eigenvalue weighted by molar-refractivity contribution is 9.10. The second kappa shape index (κ2) is 4.78. The Morgan fingerprint density at radius 3 is 2.50 bits per heavy atom. The SMILES string of the molecule is O=C1CC(CCc2ccc(Br)cc2)C(=O)O1. The molecule has 0 aliphatic carbocycles. The van der Waals surface area contributed by atoms with E-state index in [1.54, 1.807) is 0 Å². The molecule has 0 saturated carbocycles. The third kappa shape index (κ3) is 2.70. The first-order chi connectivity index (χ1) is 7.65. The van der Waals surface area contributed by atoms with E-state index in [4.69, 9.17) is 0 Å². The van der Waals surface area contributed by atoms with Gasteiger partial charge in [-0.25, -0.2) is 0 Å². The van der Waals surface area contributed by atoms with E-state index in [0.29, 0.717) is 6.42 Å². The highest BCUT2D eigenvalue weighted by Gasteiger charge is 2.32. The number of hydrogen-bond donors (Lipinski definition) is 0. The summed E-state index contributed by atoms with van der Waals surface area (Å²) in [7, 11) is 0. The van der Waals surface area contributed by atoms with Crippen LogP contribution in [0.15, 0.2) is 28.7 Å². The molecular weight excluding hydrogens is 272 g/mol. The van der Waals surface area contributed by atoms with E-state index in [1.807, 2.05) is 24.3 Å². The predicted octanol–water partition coefficient (Wildman–Crippen LogP) is 2.47. The molecule has 0 bridgehead atoms. The number of carbonyl (C=O) groups excluding carboxylic acids is 2. The molecule has 1 unspecified atom stereocenters. The molecular formula is C12H11BrO3. The van der Waals surface area contributed by atoms with E-state index in [0.717, 1.165) is 16.5 Å². The Bertz CT molecular complexity index is 411. The van der Waals surface area contributed by atoms with Crippen LogP contribution in [-0.2, 0) is 20.7 Å². The zero-order chi connectivity index (χ0) is 11.5. The fraction of sp³-hybridized carbons (Fsp3) is 0.333. The maximum absolute atomic E-state index is 11.2. The van der Waals surface area contributed by atoms with Crippen LogP contribution in [0.1, 0.15) is 18.4 Å². The van der Waals surface area contributed by atoms with Gasteiger partial charge in [0.1, 0.15) is 0 Å². The van der Waals surface area contributed by atoms with Crippen LogP contribution in [0.3, 0.4) is 0 Å². The van der Waals surface area contributed by atoms with Crippen LogP contribution in [0.2, 0.25) is 0 Å². The summed E-state index contributed by atoms with van der Waals surface area (Å²) in [5.41, 5.74) is 1.16. The van der Waals surface area contributed by atoms with Crippen LogP contribution in [0.4, 0.5) is 0 Å². The number of hydrogen-bond acceptors (Lipinski definition) is 3. The molecule has 2 rings (SSSR count). The highest BCUT2D eigenvalue weighted by Crippen LogP contribution is 2.22. The van der Waals surface area contributed by atoms with Crippen LogP contribution in [0, 0.1) is 5.92 Å². The molecule has 84 valence electrons. The van der Waals surface area contributed by atoms with Gasteiger partial charge in [0.2, 0.25) is 0 Å². The lowest BCUT2D eigenvalue weighted by Gasteiger charge is -2.04. The largest absolute Gasteiger partial charge is 0.393 e. The van der Waals surface area contributed by atoms with Gasteiger partial charge in [-0.1, -0.05) is 28.1 Å². The summed E-state index contributed by atoms with van der Waals surface area (Å²) in [5, 5.41) is 0. The molecule has 0 spiro atoms. The zero-order valence-corrected chi connectivity index (χ0v) is 10.2. The van der Waals surface area contributed by atoms with Crippen LogP contribution in [0.25, 0.3) is 0 Å². The first-order valence-electron chi connectivity index (χ1n) is 5.14. The molecule has 1 atom stereocenters. The number of benzene rings is 1. The lowest BCUT2D eigenvalue weighted by atomic mass is 9.98. The second-order valence-corrected chi connectivity index (χ2v) is 4.77. The molecule has 4 heteroatoms. The number of ether oxygens (including phenoxy) is 1. The van der Waals surface area contributed by atoms with Gasteiger partial charge in [-0.2, -0.15) is 0 Å². The molecule has 16 heavy (non-hydrogen) atoms. The number of rotatable bonds is 3. The summed E-state index contributed by atoms with van der Waals surface area (Å²) >= 11 is 3.36. The fourth-order valence-electron chi connectivity index (χ4n) is 1.73. The van der Waals surface area contributed by atoms with E-state index in [9.17, 15) is 9.59 Å². The topological polar surface area (TPSA) is 43.4 Å².